The maximum Gasteiger partial charge on any atom is 0.419 e. The highest BCUT2D eigenvalue weighted by Crippen LogP contribution is 2.18. The van der Waals surface area contributed by atoms with E-state index in [1.54, 1.807) is 23.3 Å². The monoisotopic (exact) mass is 399 g/mol. The van der Waals surface area contributed by atoms with Crippen molar-refractivity contribution in [3.05, 3.63) is 65.7 Å². The smallest absolute Gasteiger partial charge is 0.408 e. The average Bonchev–Trinajstić information content (AvgIpc) is 3.27. The molecular weight excluding hydrogens is 382 g/mol. The summed E-state index contributed by atoms with van der Waals surface area (Å²) in [5.41, 5.74) is 2.67. The zero-order chi connectivity index (χ0) is 19.7. The molecule has 3 aromatic heterocycles. The number of hydrogen-bond donors (Lipinski definition) is 1. The Morgan fingerprint density at radius 1 is 1.14 bits per heavy atom. The van der Waals surface area contributed by atoms with Crippen molar-refractivity contribution in [2.45, 2.75) is 11.4 Å². The van der Waals surface area contributed by atoms with E-state index in [2.05, 4.69) is 14.8 Å². The van der Waals surface area contributed by atoms with Gasteiger partial charge in [-0.2, -0.15) is 5.10 Å². The molecule has 4 aromatic rings. The fourth-order valence-electron chi connectivity index (χ4n) is 2.83. The minimum atomic E-state index is -3.73. The van der Waals surface area contributed by atoms with Crippen LogP contribution in [0.25, 0.3) is 22.2 Å². The third-order valence-electron chi connectivity index (χ3n) is 4.35. The molecule has 0 spiro atoms. The van der Waals surface area contributed by atoms with E-state index in [1.165, 1.54) is 29.8 Å². The minimum absolute atomic E-state index is 0.0642. The summed E-state index contributed by atoms with van der Waals surface area (Å²) >= 11 is 0. The van der Waals surface area contributed by atoms with Crippen LogP contribution in [0.2, 0.25) is 0 Å². The Hall–Kier alpha value is -3.24. The van der Waals surface area contributed by atoms with Crippen LogP contribution in [0, 0.1) is 0 Å². The molecule has 28 heavy (non-hydrogen) atoms. The fraction of sp³-hybridized carbons (Fsp3) is 0.167. The Labute approximate surface area is 160 Å². The van der Waals surface area contributed by atoms with E-state index >= 15 is 0 Å². The lowest BCUT2D eigenvalue weighted by Gasteiger charge is -2.07. The number of aryl methyl sites for hydroxylation is 1. The van der Waals surface area contributed by atoms with Gasteiger partial charge in [-0.05, 0) is 35.9 Å². The zero-order valence-corrected chi connectivity index (χ0v) is 15.8. The van der Waals surface area contributed by atoms with Gasteiger partial charge in [0.25, 0.3) is 0 Å². The van der Waals surface area contributed by atoms with Crippen LogP contribution in [-0.2, 0) is 23.6 Å². The van der Waals surface area contributed by atoms with Crippen LogP contribution in [0.4, 0.5) is 0 Å². The van der Waals surface area contributed by atoms with Crippen molar-refractivity contribution in [3.8, 4) is 11.1 Å². The first-order chi connectivity index (χ1) is 13.4. The van der Waals surface area contributed by atoms with Crippen LogP contribution < -0.4 is 10.5 Å². The summed E-state index contributed by atoms with van der Waals surface area (Å²) in [5.74, 6) is -0.541. The first-order valence-corrected chi connectivity index (χ1v) is 9.94. The first-order valence-electron chi connectivity index (χ1n) is 8.46. The minimum Gasteiger partial charge on any atom is -0.408 e. The second kappa shape index (κ2) is 7.06. The molecule has 9 nitrogen and oxygen atoms in total. The number of hydrogen-bond acceptors (Lipinski definition) is 6. The quantitative estimate of drug-likeness (QED) is 0.524. The van der Waals surface area contributed by atoms with Crippen molar-refractivity contribution in [2.24, 2.45) is 7.05 Å². The van der Waals surface area contributed by atoms with Crippen molar-refractivity contribution in [3.63, 3.8) is 0 Å². The average molecular weight is 399 g/mol. The Bertz CT molecular complexity index is 1290. The third-order valence-corrected chi connectivity index (χ3v) is 5.81. The van der Waals surface area contributed by atoms with Crippen LogP contribution in [-0.4, -0.2) is 34.3 Å². The fourth-order valence-corrected chi connectivity index (χ4v) is 3.87. The Kier molecular flexibility index (Phi) is 4.57. The van der Waals surface area contributed by atoms with Gasteiger partial charge in [0.15, 0.2) is 5.58 Å². The second-order valence-electron chi connectivity index (χ2n) is 6.18. The molecule has 0 saturated heterocycles. The first kappa shape index (κ1) is 18.1. The summed E-state index contributed by atoms with van der Waals surface area (Å²) in [6.07, 6.45) is 6.97. The van der Waals surface area contributed by atoms with E-state index in [4.69, 9.17) is 4.42 Å². The molecule has 0 unspecified atom stereocenters. The number of oxazole rings is 1. The van der Waals surface area contributed by atoms with Crippen molar-refractivity contribution < 1.29 is 12.8 Å². The van der Waals surface area contributed by atoms with Crippen LogP contribution in [0.1, 0.15) is 0 Å². The normalized spacial score (nSPS) is 11.9. The molecule has 0 saturated carbocycles. The standard InChI is InChI=1S/C18H17N5O4S/c1-22-16-10-15(2-3-17(16)27-18(22)24)28(25,26)21-8-9-23-12-14(11-20-23)13-4-6-19-7-5-13/h2-7,10-12,21H,8-9H2,1H3. The molecule has 0 aliphatic carbocycles. The van der Waals surface area contributed by atoms with Crippen LogP contribution in [0.3, 0.4) is 0 Å². The van der Waals surface area contributed by atoms with Crippen molar-refractivity contribution in [1.82, 2.24) is 24.1 Å². The Morgan fingerprint density at radius 2 is 1.93 bits per heavy atom. The third kappa shape index (κ3) is 3.47. The van der Waals surface area contributed by atoms with Gasteiger partial charge in [0, 0.05) is 37.7 Å². The summed E-state index contributed by atoms with van der Waals surface area (Å²) < 4.78 is 35.6. The summed E-state index contributed by atoms with van der Waals surface area (Å²) in [7, 11) is -2.21. The van der Waals surface area contributed by atoms with Gasteiger partial charge in [-0.25, -0.2) is 17.9 Å². The molecule has 144 valence electrons. The lowest BCUT2D eigenvalue weighted by atomic mass is 10.1. The highest BCUT2D eigenvalue weighted by Gasteiger charge is 2.16. The van der Waals surface area contributed by atoms with Gasteiger partial charge in [-0.1, -0.05) is 0 Å². The lowest BCUT2D eigenvalue weighted by Crippen LogP contribution is -2.27. The zero-order valence-electron chi connectivity index (χ0n) is 14.9. The molecule has 10 heteroatoms. The van der Waals surface area contributed by atoms with Gasteiger partial charge in [0.05, 0.1) is 23.2 Å². The van der Waals surface area contributed by atoms with Gasteiger partial charge in [0.1, 0.15) is 0 Å². The number of rotatable bonds is 6. The number of sulfonamides is 1. The topological polar surface area (TPSA) is 112 Å². The number of aromatic nitrogens is 4. The molecule has 0 aliphatic rings. The molecule has 1 aromatic carbocycles. The SMILES string of the molecule is Cn1c(=O)oc2ccc(S(=O)(=O)NCCn3cc(-c4ccncc4)cn3)cc21. The molecular formula is C18H17N5O4S. The number of nitrogens with one attached hydrogen (secondary N) is 1. The number of nitrogens with zero attached hydrogens (tertiary/aromatic N) is 4. The van der Waals surface area contributed by atoms with E-state index in [0.29, 0.717) is 17.6 Å². The molecule has 1 N–H and O–H groups in total. The number of pyridine rings is 1. The van der Waals surface area contributed by atoms with E-state index < -0.39 is 15.8 Å². The molecule has 0 bridgehead atoms. The summed E-state index contributed by atoms with van der Waals surface area (Å²) in [4.78, 5) is 15.6. The van der Waals surface area contributed by atoms with Crippen LogP contribution in [0.5, 0.6) is 0 Å². The highest BCUT2D eigenvalue weighted by molar-refractivity contribution is 7.89. The largest absolute Gasteiger partial charge is 0.419 e. The van der Waals surface area contributed by atoms with Crippen molar-refractivity contribution in [1.29, 1.82) is 0 Å². The predicted molar refractivity (Wildman–Crippen MR) is 102 cm³/mol. The molecule has 0 amide bonds. The maximum absolute atomic E-state index is 12.5. The Morgan fingerprint density at radius 3 is 2.71 bits per heavy atom. The van der Waals surface area contributed by atoms with E-state index in [-0.39, 0.29) is 11.4 Å². The molecule has 0 atom stereocenters. The van der Waals surface area contributed by atoms with Crippen LogP contribution >= 0.6 is 0 Å². The van der Waals surface area contributed by atoms with Gasteiger partial charge < -0.3 is 4.42 Å². The number of fused-ring (bicyclic) bond motifs is 1. The van der Waals surface area contributed by atoms with E-state index in [9.17, 15) is 13.2 Å². The second-order valence-corrected chi connectivity index (χ2v) is 7.95. The molecule has 0 radical (unpaired) electrons. The predicted octanol–water partition coefficient (Wildman–Crippen LogP) is 1.37. The maximum atomic E-state index is 12.5. The van der Waals surface area contributed by atoms with Gasteiger partial charge in [-0.15, -0.1) is 0 Å². The summed E-state index contributed by atoms with van der Waals surface area (Å²) in [6.45, 7) is 0.541. The summed E-state index contributed by atoms with van der Waals surface area (Å²) in [5, 5.41) is 4.25. The van der Waals surface area contributed by atoms with E-state index in [1.807, 2.05) is 18.3 Å². The summed E-state index contributed by atoms with van der Waals surface area (Å²) in [6, 6.07) is 8.05. The molecule has 4 rings (SSSR count). The van der Waals surface area contributed by atoms with Crippen molar-refractivity contribution >= 4 is 21.1 Å². The highest BCUT2D eigenvalue weighted by atomic mass is 32.2. The number of benzene rings is 1. The van der Waals surface area contributed by atoms with Gasteiger partial charge >= 0.3 is 5.76 Å². The molecule has 3 heterocycles. The van der Waals surface area contributed by atoms with Gasteiger partial charge in [-0.3, -0.25) is 14.2 Å². The Balaban J connectivity index is 1.45. The van der Waals surface area contributed by atoms with Crippen LogP contribution in [0.15, 0.2) is 69.2 Å². The van der Waals surface area contributed by atoms with E-state index in [0.717, 1.165) is 11.1 Å². The van der Waals surface area contributed by atoms with Crippen molar-refractivity contribution in [2.75, 3.05) is 6.54 Å². The molecule has 0 aliphatic heterocycles. The molecule has 0 fully saturated rings. The van der Waals surface area contributed by atoms with Gasteiger partial charge in [0.2, 0.25) is 10.0 Å². The lowest BCUT2D eigenvalue weighted by molar-refractivity contribution is 0.528.